The molecule has 1 N–H and O–H groups in total. The molecular formula is C24H26ClN5O2S2. The number of amides is 1. The number of anilines is 1. The van der Waals surface area contributed by atoms with Gasteiger partial charge in [-0.25, -0.2) is 0 Å². The number of nitriles is 1. The van der Waals surface area contributed by atoms with Gasteiger partial charge in [0.1, 0.15) is 23.4 Å². The van der Waals surface area contributed by atoms with Gasteiger partial charge in [0.05, 0.1) is 11.3 Å². The van der Waals surface area contributed by atoms with Crippen LogP contribution in [-0.2, 0) is 31.3 Å². The second-order valence-corrected chi connectivity index (χ2v) is 10.8. The van der Waals surface area contributed by atoms with Crippen molar-refractivity contribution >= 4 is 45.6 Å². The predicted octanol–water partition coefficient (Wildman–Crippen LogP) is 5.53. The van der Waals surface area contributed by atoms with Crippen LogP contribution in [-0.4, -0.2) is 26.4 Å². The number of aryl methyl sites for hydroxylation is 1. The van der Waals surface area contributed by atoms with E-state index in [-0.39, 0.29) is 18.3 Å². The first-order chi connectivity index (χ1) is 16.4. The molecule has 0 saturated heterocycles. The van der Waals surface area contributed by atoms with Crippen molar-refractivity contribution in [2.45, 2.75) is 51.3 Å². The molecular weight excluding hydrogens is 490 g/mol. The highest BCUT2D eigenvalue weighted by molar-refractivity contribution is 7.99. The lowest BCUT2D eigenvalue weighted by molar-refractivity contribution is -0.113. The second kappa shape index (κ2) is 10.8. The summed E-state index contributed by atoms with van der Waals surface area (Å²) in [6.07, 6.45) is 4.15. The summed E-state index contributed by atoms with van der Waals surface area (Å²) in [5.41, 5.74) is 2.69. The minimum absolute atomic E-state index is 0.162. The van der Waals surface area contributed by atoms with Crippen molar-refractivity contribution in [3.8, 4) is 11.8 Å². The van der Waals surface area contributed by atoms with Crippen molar-refractivity contribution in [2.24, 2.45) is 13.0 Å². The summed E-state index contributed by atoms with van der Waals surface area (Å²) in [5.74, 6) is 2.06. The van der Waals surface area contributed by atoms with Crippen molar-refractivity contribution in [3.63, 3.8) is 0 Å². The van der Waals surface area contributed by atoms with E-state index in [4.69, 9.17) is 16.3 Å². The Morgan fingerprint density at radius 3 is 3.00 bits per heavy atom. The summed E-state index contributed by atoms with van der Waals surface area (Å²) in [4.78, 5) is 13.9. The second-order valence-electron chi connectivity index (χ2n) is 8.33. The number of thiophene rings is 1. The molecule has 0 aliphatic heterocycles. The lowest BCUT2D eigenvalue weighted by Crippen LogP contribution is -2.15. The minimum atomic E-state index is -0.162. The molecule has 1 aromatic carbocycles. The number of rotatable bonds is 8. The first kappa shape index (κ1) is 24.6. The van der Waals surface area contributed by atoms with Crippen LogP contribution >= 0.6 is 34.7 Å². The molecule has 4 rings (SSSR count). The number of carbonyl (C=O) groups is 1. The van der Waals surface area contributed by atoms with Gasteiger partial charge >= 0.3 is 0 Å². The summed E-state index contributed by atoms with van der Waals surface area (Å²) < 4.78 is 7.68. The first-order valence-electron chi connectivity index (χ1n) is 11.1. The average Bonchev–Trinajstić information content (AvgIpc) is 3.35. The molecule has 1 amide bonds. The molecule has 34 heavy (non-hydrogen) atoms. The standard InChI is InChI=1S/C24H26ClN5O2S2/c1-4-15-5-7-17-18(11-26)23(34-20(17)10-15)27-22(31)13-33-24-29-28-21(30(24)3)12-32-19-8-6-16(25)9-14(19)2/h6,8-9,15H,4-5,7,10,12-13H2,1-3H3,(H,27,31). The Morgan fingerprint density at radius 2 is 2.26 bits per heavy atom. The fourth-order valence-electron chi connectivity index (χ4n) is 4.02. The number of ether oxygens (including phenoxy) is 1. The molecule has 1 atom stereocenters. The molecule has 2 aromatic heterocycles. The monoisotopic (exact) mass is 515 g/mol. The Hall–Kier alpha value is -2.54. The number of benzene rings is 1. The van der Waals surface area contributed by atoms with Crippen LogP contribution in [0.25, 0.3) is 0 Å². The van der Waals surface area contributed by atoms with Gasteiger partial charge in [0.25, 0.3) is 0 Å². The number of fused-ring (bicyclic) bond motifs is 1. The SMILES string of the molecule is CCC1CCc2c(sc(NC(=O)CSc3nnc(COc4ccc(Cl)cc4C)n3C)c2C#N)C1. The smallest absolute Gasteiger partial charge is 0.235 e. The largest absolute Gasteiger partial charge is 0.485 e. The van der Waals surface area contributed by atoms with Gasteiger partial charge in [-0.1, -0.05) is 36.7 Å². The van der Waals surface area contributed by atoms with Crippen LogP contribution in [0.3, 0.4) is 0 Å². The minimum Gasteiger partial charge on any atom is -0.485 e. The average molecular weight is 516 g/mol. The summed E-state index contributed by atoms with van der Waals surface area (Å²) >= 11 is 8.84. The number of nitrogens with zero attached hydrogens (tertiary/aromatic N) is 4. The number of aromatic nitrogens is 3. The van der Waals surface area contributed by atoms with Crippen LogP contribution in [0, 0.1) is 24.2 Å². The number of halogens is 1. The van der Waals surface area contributed by atoms with Crippen LogP contribution in [0.1, 0.15) is 47.2 Å². The number of hydrogen-bond donors (Lipinski definition) is 1. The molecule has 0 spiro atoms. The molecule has 0 bridgehead atoms. The Kier molecular flexibility index (Phi) is 7.81. The fourth-order valence-corrected chi connectivity index (χ4v) is 6.30. The lowest BCUT2D eigenvalue weighted by Gasteiger charge is -2.20. The van der Waals surface area contributed by atoms with E-state index in [9.17, 15) is 10.1 Å². The zero-order chi connectivity index (χ0) is 24.2. The van der Waals surface area contributed by atoms with Gasteiger partial charge in [0.15, 0.2) is 11.0 Å². The fraction of sp³-hybridized carbons (Fsp3) is 0.417. The van der Waals surface area contributed by atoms with Gasteiger partial charge in [-0.05, 0) is 61.4 Å². The van der Waals surface area contributed by atoms with E-state index in [1.165, 1.54) is 16.6 Å². The summed E-state index contributed by atoms with van der Waals surface area (Å²) in [5, 5.41) is 23.0. The Bertz CT molecular complexity index is 1250. The highest BCUT2D eigenvalue weighted by Gasteiger charge is 2.26. The van der Waals surface area contributed by atoms with Crippen LogP contribution in [0.2, 0.25) is 5.02 Å². The predicted molar refractivity (Wildman–Crippen MR) is 136 cm³/mol. The Morgan fingerprint density at radius 1 is 1.44 bits per heavy atom. The molecule has 0 radical (unpaired) electrons. The van der Waals surface area contributed by atoms with Crippen molar-refractivity contribution < 1.29 is 9.53 Å². The van der Waals surface area contributed by atoms with Gasteiger partial charge in [0, 0.05) is 16.9 Å². The normalized spacial score (nSPS) is 15.0. The van der Waals surface area contributed by atoms with Crippen molar-refractivity contribution in [2.75, 3.05) is 11.1 Å². The molecule has 7 nitrogen and oxygen atoms in total. The topological polar surface area (TPSA) is 92.8 Å². The maximum absolute atomic E-state index is 12.7. The van der Waals surface area contributed by atoms with Gasteiger partial charge in [-0.3, -0.25) is 4.79 Å². The van der Waals surface area contributed by atoms with Crippen LogP contribution in [0.5, 0.6) is 5.75 Å². The summed E-state index contributed by atoms with van der Waals surface area (Å²) in [6.45, 7) is 4.39. The third-order valence-corrected chi connectivity index (χ3v) is 8.49. The van der Waals surface area contributed by atoms with Crippen LogP contribution in [0.4, 0.5) is 5.00 Å². The number of hydrogen-bond acceptors (Lipinski definition) is 7. The van der Waals surface area contributed by atoms with E-state index in [1.807, 2.05) is 30.7 Å². The first-order valence-corrected chi connectivity index (χ1v) is 13.3. The zero-order valence-electron chi connectivity index (χ0n) is 19.4. The number of nitrogens with one attached hydrogen (secondary N) is 1. The van der Waals surface area contributed by atoms with Gasteiger partial charge in [-0.15, -0.1) is 21.5 Å². The van der Waals surface area contributed by atoms with E-state index >= 15 is 0 Å². The summed E-state index contributed by atoms with van der Waals surface area (Å²) in [6, 6.07) is 7.76. The van der Waals surface area contributed by atoms with Crippen LogP contribution in [0.15, 0.2) is 23.4 Å². The molecule has 1 aliphatic carbocycles. The maximum Gasteiger partial charge on any atom is 0.235 e. The molecule has 0 fully saturated rings. The molecule has 0 saturated carbocycles. The van der Waals surface area contributed by atoms with E-state index in [1.54, 1.807) is 17.4 Å². The van der Waals surface area contributed by atoms with E-state index in [0.717, 1.165) is 42.6 Å². The summed E-state index contributed by atoms with van der Waals surface area (Å²) in [7, 11) is 1.85. The van der Waals surface area contributed by atoms with Gasteiger partial charge < -0.3 is 14.6 Å². The van der Waals surface area contributed by atoms with E-state index in [2.05, 4.69) is 28.5 Å². The third-order valence-electron chi connectivity index (χ3n) is 6.06. The molecule has 178 valence electrons. The molecule has 1 unspecified atom stereocenters. The van der Waals surface area contributed by atoms with Crippen molar-refractivity contribution in [1.29, 1.82) is 5.26 Å². The Balaban J connectivity index is 1.35. The van der Waals surface area contributed by atoms with E-state index in [0.29, 0.717) is 32.5 Å². The molecule has 2 heterocycles. The molecule has 3 aromatic rings. The maximum atomic E-state index is 12.7. The van der Waals surface area contributed by atoms with Gasteiger partial charge in [-0.2, -0.15) is 5.26 Å². The quantitative estimate of drug-likeness (QED) is 0.396. The van der Waals surface area contributed by atoms with Crippen LogP contribution < -0.4 is 10.1 Å². The zero-order valence-corrected chi connectivity index (χ0v) is 21.7. The third kappa shape index (κ3) is 5.40. The Labute approximate surface area is 212 Å². The molecule has 10 heteroatoms. The highest BCUT2D eigenvalue weighted by Crippen LogP contribution is 2.40. The van der Waals surface area contributed by atoms with Crippen molar-refractivity contribution in [3.05, 3.63) is 50.6 Å². The molecule has 1 aliphatic rings. The number of carbonyl (C=O) groups excluding carboxylic acids is 1. The lowest BCUT2D eigenvalue weighted by atomic mass is 9.86. The number of thioether (sulfide) groups is 1. The van der Waals surface area contributed by atoms with Gasteiger partial charge in [0.2, 0.25) is 5.91 Å². The van der Waals surface area contributed by atoms with Crippen molar-refractivity contribution in [1.82, 2.24) is 14.8 Å². The highest BCUT2D eigenvalue weighted by atomic mass is 35.5. The van der Waals surface area contributed by atoms with E-state index < -0.39 is 0 Å².